The highest BCUT2D eigenvalue weighted by atomic mass is 15.3. The summed E-state index contributed by atoms with van der Waals surface area (Å²) in [6, 6.07) is 62.7. The minimum Gasteiger partial charge on any atom is -0.350 e. The van der Waals surface area contributed by atoms with Crippen molar-refractivity contribution in [1.29, 1.82) is 0 Å². The molecule has 3 heterocycles. The van der Waals surface area contributed by atoms with E-state index >= 15 is 0 Å². The zero-order valence-corrected chi connectivity index (χ0v) is 27.2. The van der Waals surface area contributed by atoms with E-state index < -0.39 is 0 Å². The Morgan fingerprint density at radius 2 is 0.960 bits per heavy atom. The second-order valence-corrected chi connectivity index (χ2v) is 12.9. The van der Waals surface area contributed by atoms with Gasteiger partial charge in [-0.1, -0.05) is 127 Å². The summed E-state index contributed by atoms with van der Waals surface area (Å²) in [5.41, 5.74) is 10.3. The second kappa shape index (κ2) is 11.6. The fraction of sp³-hybridized carbons (Fsp3) is 0.0444. The van der Waals surface area contributed by atoms with E-state index in [1.165, 1.54) is 43.6 Å². The van der Waals surface area contributed by atoms with Crippen molar-refractivity contribution in [3.05, 3.63) is 193 Å². The molecule has 0 amide bonds. The summed E-state index contributed by atoms with van der Waals surface area (Å²) in [5, 5.41) is 12.4. The van der Waals surface area contributed by atoms with E-state index in [0.717, 1.165) is 33.9 Å². The number of amidine groups is 1. The predicted octanol–water partition coefficient (Wildman–Crippen LogP) is 10.2. The predicted molar refractivity (Wildman–Crippen MR) is 206 cm³/mol. The van der Waals surface area contributed by atoms with Crippen molar-refractivity contribution in [2.45, 2.75) is 12.3 Å². The minimum absolute atomic E-state index is 0.0982. The van der Waals surface area contributed by atoms with Crippen LogP contribution in [0.4, 0.5) is 0 Å². The molecular weight excluding hydrogens is 611 g/mol. The molecule has 7 aromatic carbocycles. The molecule has 0 spiro atoms. The highest BCUT2D eigenvalue weighted by Crippen LogP contribution is 2.39. The zero-order chi connectivity index (χ0) is 33.0. The van der Waals surface area contributed by atoms with E-state index in [0.29, 0.717) is 0 Å². The second-order valence-electron chi connectivity index (χ2n) is 12.9. The Hall–Kier alpha value is -6.43. The van der Waals surface area contributed by atoms with Crippen molar-refractivity contribution in [2.75, 3.05) is 0 Å². The van der Waals surface area contributed by atoms with Gasteiger partial charge in [0, 0.05) is 38.5 Å². The lowest BCUT2D eigenvalue weighted by Gasteiger charge is -2.32. The molecule has 2 atom stereocenters. The SMILES string of the molecule is c1ccc(C2N=C(c3cccc(-n4c5ccccc5c5cc6c7ccccc7n(-c7ccccc7)c6cc54)c3)NC(c3ccccc3)N2)cc1. The van der Waals surface area contributed by atoms with E-state index in [2.05, 4.69) is 190 Å². The lowest BCUT2D eigenvalue weighted by molar-refractivity contribution is 0.409. The Morgan fingerprint density at radius 1 is 0.420 bits per heavy atom. The molecule has 5 nitrogen and oxygen atoms in total. The highest BCUT2D eigenvalue weighted by molar-refractivity contribution is 6.19. The third-order valence-corrected chi connectivity index (χ3v) is 9.97. The number of aliphatic imine (C=N–C) groups is 1. The number of para-hydroxylation sites is 3. The van der Waals surface area contributed by atoms with E-state index in [-0.39, 0.29) is 12.3 Å². The number of nitrogens with one attached hydrogen (secondary N) is 2. The molecule has 10 rings (SSSR count). The molecule has 0 aliphatic carbocycles. The van der Waals surface area contributed by atoms with Gasteiger partial charge in [-0.05, 0) is 59.7 Å². The summed E-state index contributed by atoms with van der Waals surface area (Å²) in [7, 11) is 0. The van der Waals surface area contributed by atoms with Crippen LogP contribution in [0.5, 0.6) is 0 Å². The Bertz CT molecular complexity index is 2710. The van der Waals surface area contributed by atoms with Gasteiger partial charge in [0.2, 0.25) is 0 Å². The average Bonchev–Trinajstić information content (AvgIpc) is 3.70. The van der Waals surface area contributed by atoms with Crippen molar-refractivity contribution in [3.8, 4) is 11.4 Å². The van der Waals surface area contributed by atoms with Crippen molar-refractivity contribution in [1.82, 2.24) is 19.8 Å². The first kappa shape index (κ1) is 28.6. The smallest absolute Gasteiger partial charge is 0.131 e. The highest BCUT2D eigenvalue weighted by Gasteiger charge is 2.26. The van der Waals surface area contributed by atoms with Crippen LogP contribution in [0.3, 0.4) is 0 Å². The molecule has 0 saturated carbocycles. The van der Waals surface area contributed by atoms with Crippen molar-refractivity contribution < 1.29 is 0 Å². The molecule has 0 saturated heterocycles. The number of rotatable bonds is 5. The van der Waals surface area contributed by atoms with Gasteiger partial charge >= 0.3 is 0 Å². The van der Waals surface area contributed by atoms with Crippen molar-refractivity contribution >= 4 is 49.4 Å². The lowest BCUT2D eigenvalue weighted by atomic mass is 10.1. The summed E-state index contributed by atoms with van der Waals surface area (Å²) < 4.78 is 4.80. The van der Waals surface area contributed by atoms with Crippen molar-refractivity contribution in [3.63, 3.8) is 0 Å². The molecular formula is C45H33N5. The van der Waals surface area contributed by atoms with Gasteiger partial charge in [0.05, 0.1) is 22.1 Å². The Labute approximate surface area is 289 Å². The summed E-state index contributed by atoms with van der Waals surface area (Å²) in [5.74, 6) is 0.862. The largest absolute Gasteiger partial charge is 0.350 e. The zero-order valence-electron chi connectivity index (χ0n) is 27.2. The van der Waals surface area contributed by atoms with E-state index in [1.807, 2.05) is 6.07 Å². The molecule has 0 radical (unpaired) electrons. The number of hydrogen-bond acceptors (Lipinski definition) is 3. The maximum Gasteiger partial charge on any atom is 0.131 e. The molecule has 50 heavy (non-hydrogen) atoms. The Morgan fingerprint density at radius 3 is 1.62 bits per heavy atom. The quantitative estimate of drug-likeness (QED) is 0.196. The van der Waals surface area contributed by atoms with Gasteiger partial charge in [0.1, 0.15) is 18.2 Å². The molecule has 9 aromatic rings. The fourth-order valence-corrected chi connectivity index (χ4v) is 7.69. The summed E-state index contributed by atoms with van der Waals surface area (Å²) in [6.45, 7) is 0. The van der Waals surface area contributed by atoms with Gasteiger partial charge in [-0.15, -0.1) is 0 Å². The number of aromatic nitrogens is 2. The maximum atomic E-state index is 5.24. The number of nitrogens with zero attached hydrogens (tertiary/aromatic N) is 3. The third kappa shape index (κ3) is 4.63. The first-order chi connectivity index (χ1) is 24.8. The van der Waals surface area contributed by atoms with Crippen LogP contribution in [0.1, 0.15) is 29.0 Å². The minimum atomic E-state index is -0.192. The van der Waals surface area contributed by atoms with Crippen LogP contribution in [0.15, 0.2) is 181 Å². The molecule has 1 aliphatic rings. The van der Waals surface area contributed by atoms with E-state index in [4.69, 9.17) is 4.99 Å². The lowest BCUT2D eigenvalue weighted by Crippen LogP contribution is -2.44. The number of fused-ring (bicyclic) bond motifs is 6. The van der Waals surface area contributed by atoms with E-state index in [9.17, 15) is 0 Å². The maximum absolute atomic E-state index is 5.24. The average molecular weight is 644 g/mol. The first-order valence-corrected chi connectivity index (χ1v) is 17.1. The van der Waals surface area contributed by atoms with Gasteiger partial charge in [0.15, 0.2) is 0 Å². The van der Waals surface area contributed by atoms with Gasteiger partial charge in [-0.25, -0.2) is 4.99 Å². The molecule has 2 unspecified atom stereocenters. The molecule has 5 heteroatoms. The fourth-order valence-electron chi connectivity index (χ4n) is 7.69. The standard InChI is InChI=1S/C45H33N5/c1-4-15-30(16-5-1)43-46-44(31-17-6-2-7-18-31)48-45(47-43)32-19-14-22-34(27-32)50-40-26-13-11-24-36(40)38-28-37-35-23-10-12-25-39(35)49(41(37)29-42(38)50)33-20-8-3-9-21-33/h1-29,43-44,46H,(H,47,48). The normalized spacial score (nSPS) is 16.2. The van der Waals surface area contributed by atoms with Gasteiger partial charge in [-0.3, -0.25) is 5.32 Å². The third-order valence-electron chi connectivity index (χ3n) is 9.97. The van der Waals surface area contributed by atoms with E-state index in [1.54, 1.807) is 0 Å². The molecule has 0 fully saturated rings. The summed E-state index contributed by atoms with van der Waals surface area (Å²) in [4.78, 5) is 5.24. The van der Waals surface area contributed by atoms with Gasteiger partial charge in [-0.2, -0.15) is 0 Å². The molecule has 1 aliphatic heterocycles. The molecule has 2 aromatic heterocycles. The number of benzene rings is 7. The topological polar surface area (TPSA) is 46.3 Å². The van der Waals surface area contributed by atoms with Gasteiger partial charge < -0.3 is 14.5 Å². The van der Waals surface area contributed by atoms with Crippen LogP contribution < -0.4 is 10.6 Å². The first-order valence-electron chi connectivity index (χ1n) is 17.1. The number of hydrogen-bond donors (Lipinski definition) is 2. The van der Waals surface area contributed by atoms with Crippen LogP contribution in [0.25, 0.3) is 55.0 Å². The van der Waals surface area contributed by atoms with Crippen molar-refractivity contribution in [2.24, 2.45) is 4.99 Å². The van der Waals surface area contributed by atoms with Crippen LogP contribution in [0, 0.1) is 0 Å². The molecule has 0 bridgehead atoms. The van der Waals surface area contributed by atoms with Gasteiger partial charge in [0.25, 0.3) is 0 Å². The summed E-state index contributed by atoms with van der Waals surface area (Å²) in [6.07, 6.45) is -0.290. The van der Waals surface area contributed by atoms with Crippen LogP contribution in [-0.2, 0) is 0 Å². The molecule has 2 N–H and O–H groups in total. The Kier molecular flexibility index (Phi) is 6.64. The van der Waals surface area contributed by atoms with Crippen LogP contribution in [-0.4, -0.2) is 15.0 Å². The molecule has 238 valence electrons. The van der Waals surface area contributed by atoms with Crippen LogP contribution >= 0.6 is 0 Å². The van der Waals surface area contributed by atoms with Crippen LogP contribution in [0.2, 0.25) is 0 Å². The Balaban J connectivity index is 1.18. The monoisotopic (exact) mass is 643 g/mol. The summed E-state index contributed by atoms with van der Waals surface area (Å²) >= 11 is 0.